The Bertz CT molecular complexity index is 1350. The van der Waals surface area contributed by atoms with E-state index in [2.05, 4.69) is 65.6 Å². The largest absolute Gasteiger partial charge is 0.340 e. The van der Waals surface area contributed by atoms with Gasteiger partial charge in [-0.2, -0.15) is 5.10 Å². The molecule has 0 aliphatic rings. The molecule has 0 unspecified atom stereocenters. The molecule has 0 aliphatic heterocycles. The smallest absolute Gasteiger partial charge is 0.154 e. The zero-order chi connectivity index (χ0) is 20.5. The number of nitrogens with one attached hydrogen (secondary N) is 1. The number of aromatic nitrogens is 4. The van der Waals surface area contributed by atoms with E-state index in [1.165, 1.54) is 11.1 Å². The summed E-state index contributed by atoms with van der Waals surface area (Å²) >= 11 is 0. The van der Waals surface area contributed by atoms with E-state index in [-0.39, 0.29) is 0 Å². The zero-order valence-electron chi connectivity index (χ0n) is 16.9. The lowest BCUT2D eigenvalue weighted by Crippen LogP contribution is -1.98. The molecule has 3 aromatic heterocycles. The Morgan fingerprint density at radius 2 is 1.70 bits per heavy atom. The summed E-state index contributed by atoms with van der Waals surface area (Å²) in [5.41, 5.74) is 8.15. The predicted molar refractivity (Wildman–Crippen MR) is 121 cm³/mol. The molecule has 5 nitrogen and oxygen atoms in total. The van der Waals surface area contributed by atoms with Gasteiger partial charge >= 0.3 is 0 Å². The Hall–Kier alpha value is -3.99. The van der Waals surface area contributed by atoms with Crippen LogP contribution in [0.5, 0.6) is 0 Å². The first kappa shape index (κ1) is 18.1. The Kier molecular flexibility index (Phi) is 4.48. The lowest BCUT2D eigenvalue weighted by Gasteiger charge is -2.10. The molecule has 0 aliphatic carbocycles. The first-order chi connectivity index (χ1) is 14.7. The van der Waals surface area contributed by atoms with Crippen LogP contribution in [0.4, 0.5) is 11.5 Å². The van der Waals surface area contributed by atoms with E-state index < -0.39 is 0 Å². The van der Waals surface area contributed by atoms with Crippen LogP contribution in [0.15, 0.2) is 85.2 Å². The van der Waals surface area contributed by atoms with Gasteiger partial charge < -0.3 is 5.32 Å². The van der Waals surface area contributed by atoms with Crippen molar-refractivity contribution < 1.29 is 0 Å². The quantitative estimate of drug-likeness (QED) is 0.419. The molecule has 0 saturated carbocycles. The second kappa shape index (κ2) is 7.44. The lowest BCUT2D eigenvalue weighted by atomic mass is 10.0. The third-order valence-electron chi connectivity index (χ3n) is 5.13. The van der Waals surface area contributed by atoms with Crippen molar-refractivity contribution in [2.75, 3.05) is 5.32 Å². The second-order valence-corrected chi connectivity index (χ2v) is 7.34. The maximum Gasteiger partial charge on any atom is 0.154 e. The van der Waals surface area contributed by atoms with Gasteiger partial charge in [-0.15, -0.1) is 0 Å². The van der Waals surface area contributed by atoms with Gasteiger partial charge in [0.15, 0.2) is 5.65 Å². The summed E-state index contributed by atoms with van der Waals surface area (Å²) in [5, 5.41) is 8.00. The van der Waals surface area contributed by atoms with Gasteiger partial charge in [0, 0.05) is 29.2 Å². The molecule has 0 atom stereocenters. The third-order valence-corrected chi connectivity index (χ3v) is 5.13. The minimum atomic E-state index is 0.780. The first-order valence-corrected chi connectivity index (χ1v) is 9.89. The van der Waals surface area contributed by atoms with E-state index in [0.29, 0.717) is 0 Å². The van der Waals surface area contributed by atoms with Crippen molar-refractivity contribution in [3.63, 3.8) is 0 Å². The van der Waals surface area contributed by atoms with E-state index >= 15 is 0 Å². The van der Waals surface area contributed by atoms with Crippen LogP contribution in [-0.4, -0.2) is 19.6 Å². The fourth-order valence-electron chi connectivity index (χ4n) is 3.64. The average molecular weight is 391 g/mol. The highest BCUT2D eigenvalue weighted by Crippen LogP contribution is 2.33. The van der Waals surface area contributed by atoms with E-state index in [0.717, 1.165) is 39.7 Å². The predicted octanol–water partition coefficient (Wildman–Crippen LogP) is 5.82. The summed E-state index contributed by atoms with van der Waals surface area (Å²) in [5.74, 6) is 0.780. The van der Waals surface area contributed by atoms with Gasteiger partial charge in [-0.25, -0.2) is 14.5 Å². The zero-order valence-corrected chi connectivity index (χ0v) is 16.9. The number of pyridine rings is 1. The second-order valence-electron chi connectivity index (χ2n) is 7.34. The van der Waals surface area contributed by atoms with E-state index in [4.69, 9.17) is 4.98 Å². The SMILES string of the molecule is Cc1cccc(-c2nc3cccnn3c2-c2ccnc(Nc3ccccc3C)c2)c1. The van der Waals surface area contributed by atoms with Crippen molar-refractivity contribution in [3.8, 4) is 22.5 Å². The fraction of sp³-hybridized carbons (Fsp3) is 0.0800. The Morgan fingerprint density at radius 1 is 0.800 bits per heavy atom. The molecule has 0 amide bonds. The molecule has 0 fully saturated rings. The highest BCUT2D eigenvalue weighted by Gasteiger charge is 2.17. The highest BCUT2D eigenvalue weighted by atomic mass is 15.3. The number of aryl methyl sites for hydroxylation is 2. The molecule has 5 heteroatoms. The number of fused-ring (bicyclic) bond motifs is 1. The Morgan fingerprint density at radius 3 is 2.57 bits per heavy atom. The van der Waals surface area contributed by atoms with Crippen LogP contribution in [0, 0.1) is 13.8 Å². The van der Waals surface area contributed by atoms with Crippen molar-refractivity contribution in [1.82, 2.24) is 19.6 Å². The number of para-hydroxylation sites is 1. The number of benzene rings is 2. The van der Waals surface area contributed by atoms with Crippen LogP contribution < -0.4 is 5.32 Å². The average Bonchev–Trinajstić information content (AvgIpc) is 3.15. The van der Waals surface area contributed by atoms with Crippen LogP contribution in [0.25, 0.3) is 28.2 Å². The summed E-state index contributed by atoms with van der Waals surface area (Å²) < 4.78 is 1.89. The summed E-state index contributed by atoms with van der Waals surface area (Å²) in [6.07, 6.45) is 3.60. The Balaban J connectivity index is 1.66. The molecule has 30 heavy (non-hydrogen) atoms. The maximum absolute atomic E-state index is 4.89. The van der Waals surface area contributed by atoms with Crippen LogP contribution in [0.3, 0.4) is 0 Å². The van der Waals surface area contributed by atoms with Crippen molar-refractivity contribution in [3.05, 3.63) is 96.3 Å². The van der Waals surface area contributed by atoms with Crippen LogP contribution in [0.1, 0.15) is 11.1 Å². The van der Waals surface area contributed by atoms with Crippen molar-refractivity contribution in [2.24, 2.45) is 0 Å². The molecule has 0 bridgehead atoms. The molecule has 5 aromatic rings. The maximum atomic E-state index is 4.89. The van der Waals surface area contributed by atoms with Gasteiger partial charge in [0.2, 0.25) is 0 Å². The standard InChI is InChI=1S/C25H21N5/c1-17-7-5-9-19(15-17)24-25(30-23(29-24)11-6-13-27-30)20-12-14-26-22(16-20)28-21-10-4-3-8-18(21)2/h3-16H,1-2H3,(H,26,28). The van der Waals surface area contributed by atoms with E-state index in [9.17, 15) is 0 Å². The molecule has 146 valence electrons. The monoisotopic (exact) mass is 391 g/mol. The molecule has 0 saturated heterocycles. The fourth-order valence-corrected chi connectivity index (χ4v) is 3.64. The summed E-state index contributed by atoms with van der Waals surface area (Å²) in [6, 6.07) is 24.5. The lowest BCUT2D eigenvalue weighted by molar-refractivity contribution is 0.942. The van der Waals surface area contributed by atoms with Gasteiger partial charge in [-0.3, -0.25) is 0 Å². The first-order valence-electron chi connectivity index (χ1n) is 9.89. The topological polar surface area (TPSA) is 55.1 Å². The summed E-state index contributed by atoms with van der Waals surface area (Å²) in [6.45, 7) is 4.17. The Labute approximate surface area is 175 Å². The number of anilines is 2. The molecular formula is C25H21N5. The molecule has 3 heterocycles. The van der Waals surface area contributed by atoms with Crippen molar-refractivity contribution >= 4 is 17.2 Å². The number of nitrogens with zero attached hydrogens (tertiary/aromatic N) is 4. The molecule has 1 N–H and O–H groups in total. The summed E-state index contributed by atoms with van der Waals surface area (Å²) in [7, 11) is 0. The van der Waals surface area contributed by atoms with E-state index in [1.807, 2.05) is 47.1 Å². The van der Waals surface area contributed by atoms with Gasteiger partial charge in [-0.05, 0) is 55.8 Å². The number of hydrogen-bond donors (Lipinski definition) is 1. The molecular weight excluding hydrogens is 370 g/mol. The van der Waals surface area contributed by atoms with Crippen LogP contribution in [-0.2, 0) is 0 Å². The minimum absolute atomic E-state index is 0.780. The number of hydrogen-bond acceptors (Lipinski definition) is 4. The number of imidazole rings is 1. The van der Waals surface area contributed by atoms with Gasteiger partial charge in [0.05, 0.1) is 5.69 Å². The van der Waals surface area contributed by atoms with Crippen LogP contribution >= 0.6 is 0 Å². The third kappa shape index (κ3) is 3.31. The van der Waals surface area contributed by atoms with Gasteiger partial charge in [-0.1, -0.05) is 42.0 Å². The molecule has 0 radical (unpaired) electrons. The van der Waals surface area contributed by atoms with Crippen molar-refractivity contribution in [2.45, 2.75) is 13.8 Å². The van der Waals surface area contributed by atoms with Gasteiger partial charge in [0.25, 0.3) is 0 Å². The molecule has 2 aromatic carbocycles. The number of rotatable bonds is 4. The summed E-state index contributed by atoms with van der Waals surface area (Å²) in [4.78, 5) is 9.41. The highest BCUT2D eigenvalue weighted by molar-refractivity contribution is 5.83. The molecule has 0 spiro atoms. The van der Waals surface area contributed by atoms with Crippen molar-refractivity contribution in [1.29, 1.82) is 0 Å². The molecule has 5 rings (SSSR count). The van der Waals surface area contributed by atoms with E-state index in [1.54, 1.807) is 6.20 Å². The minimum Gasteiger partial charge on any atom is -0.340 e. The normalized spacial score (nSPS) is 11.0. The van der Waals surface area contributed by atoms with Gasteiger partial charge in [0.1, 0.15) is 11.5 Å². The van der Waals surface area contributed by atoms with Crippen LogP contribution in [0.2, 0.25) is 0 Å².